The Balaban J connectivity index is 2.22. The quantitative estimate of drug-likeness (QED) is 0.723. The molecule has 1 amide bonds. The van der Waals surface area contributed by atoms with Gasteiger partial charge in [-0.3, -0.25) is 19.2 Å². The number of thioether (sulfide) groups is 1. The lowest BCUT2D eigenvalue weighted by Gasteiger charge is -2.22. The van der Waals surface area contributed by atoms with E-state index in [9.17, 15) is 29.1 Å². The first-order valence-electron chi connectivity index (χ1n) is 6.50. The van der Waals surface area contributed by atoms with Crippen LogP contribution in [0, 0.1) is 5.41 Å². The van der Waals surface area contributed by atoms with Crippen LogP contribution < -0.4 is 0 Å². The Morgan fingerprint density at radius 2 is 1.86 bits per heavy atom. The van der Waals surface area contributed by atoms with Gasteiger partial charge in [-0.25, -0.2) is 4.79 Å². The molecule has 1 atom stereocenters. The summed E-state index contributed by atoms with van der Waals surface area (Å²) < 4.78 is 0. The summed E-state index contributed by atoms with van der Waals surface area (Å²) in [4.78, 5) is 59.4. The van der Waals surface area contributed by atoms with Crippen LogP contribution in [0.25, 0.3) is 0 Å². The van der Waals surface area contributed by atoms with Crippen LogP contribution in [-0.2, 0) is 24.0 Å². The van der Waals surface area contributed by atoms with Crippen LogP contribution >= 0.6 is 11.8 Å². The molecule has 0 aromatic carbocycles. The summed E-state index contributed by atoms with van der Waals surface area (Å²) in [5.41, 5.74) is -1.35. The average molecular weight is 313 g/mol. The second-order valence-corrected chi connectivity index (χ2v) is 6.44. The minimum absolute atomic E-state index is 0.107. The van der Waals surface area contributed by atoms with Gasteiger partial charge in [0.05, 0.1) is 5.75 Å². The van der Waals surface area contributed by atoms with Gasteiger partial charge >= 0.3 is 5.97 Å². The molecule has 0 unspecified atom stereocenters. The average Bonchev–Trinajstić information content (AvgIpc) is 2.94. The predicted molar refractivity (Wildman–Crippen MR) is 72.6 cm³/mol. The Hall–Kier alpha value is -1.70. The van der Waals surface area contributed by atoms with Crippen LogP contribution in [0.5, 0.6) is 0 Å². The van der Waals surface area contributed by atoms with Crippen molar-refractivity contribution in [3.63, 3.8) is 0 Å². The molecule has 1 spiro atoms. The predicted octanol–water partition coefficient (Wildman–Crippen LogP) is -0.130. The lowest BCUT2D eigenvalue weighted by atomic mass is 9.82. The number of carboxylic acids is 1. The maximum atomic E-state index is 12.1. The highest BCUT2D eigenvalue weighted by Gasteiger charge is 2.59. The molecule has 114 valence electrons. The van der Waals surface area contributed by atoms with Gasteiger partial charge in [0, 0.05) is 26.3 Å². The number of hydrogen-bond donors (Lipinski definition) is 1. The van der Waals surface area contributed by atoms with Crippen molar-refractivity contribution in [1.82, 2.24) is 4.90 Å². The van der Waals surface area contributed by atoms with E-state index in [1.807, 2.05) is 0 Å². The number of hydrogen-bond acceptors (Lipinski definition) is 6. The SMILES string of the molecule is CC(=O)SCC(=O)N1CC2(C[C@H]1C(=O)O)C(=O)CCC2=O. The molecule has 0 aromatic heterocycles. The number of carbonyl (C=O) groups is 5. The zero-order valence-electron chi connectivity index (χ0n) is 11.5. The van der Waals surface area contributed by atoms with Crippen LogP contribution in [0.1, 0.15) is 26.2 Å². The van der Waals surface area contributed by atoms with Crippen LogP contribution in [0.4, 0.5) is 0 Å². The van der Waals surface area contributed by atoms with Gasteiger partial charge in [-0.05, 0) is 6.42 Å². The Labute approximate surface area is 125 Å². The number of ketones is 2. The number of amides is 1. The number of rotatable bonds is 3. The van der Waals surface area contributed by atoms with E-state index in [0.29, 0.717) is 0 Å². The van der Waals surface area contributed by atoms with E-state index in [2.05, 4.69) is 0 Å². The Morgan fingerprint density at radius 3 is 2.33 bits per heavy atom. The van der Waals surface area contributed by atoms with Gasteiger partial charge in [-0.15, -0.1) is 0 Å². The second-order valence-electron chi connectivity index (χ2n) is 5.29. The van der Waals surface area contributed by atoms with Gasteiger partial charge in [0.15, 0.2) is 5.12 Å². The van der Waals surface area contributed by atoms with Gasteiger partial charge < -0.3 is 10.0 Å². The molecule has 1 saturated carbocycles. The third kappa shape index (κ3) is 2.72. The fourth-order valence-electron chi connectivity index (χ4n) is 2.90. The monoisotopic (exact) mass is 313 g/mol. The molecule has 0 radical (unpaired) electrons. The van der Waals surface area contributed by atoms with Gasteiger partial charge in [0.25, 0.3) is 0 Å². The summed E-state index contributed by atoms with van der Waals surface area (Å²) in [6, 6.07) is -1.18. The number of Topliss-reactive ketones (excluding diaryl/α,β-unsaturated/α-hetero) is 2. The van der Waals surface area contributed by atoms with E-state index in [1.165, 1.54) is 6.92 Å². The fraction of sp³-hybridized carbons (Fsp3) is 0.615. The van der Waals surface area contributed by atoms with Crippen LogP contribution in [0.2, 0.25) is 0 Å². The van der Waals surface area contributed by atoms with Crippen molar-refractivity contribution in [2.45, 2.75) is 32.2 Å². The largest absolute Gasteiger partial charge is 0.480 e. The van der Waals surface area contributed by atoms with Crippen molar-refractivity contribution in [3.8, 4) is 0 Å². The molecule has 2 fully saturated rings. The van der Waals surface area contributed by atoms with Gasteiger partial charge in [-0.1, -0.05) is 11.8 Å². The first kappa shape index (κ1) is 15.7. The molecule has 0 aromatic rings. The maximum Gasteiger partial charge on any atom is 0.326 e. The molecule has 2 aliphatic rings. The van der Waals surface area contributed by atoms with Crippen molar-refractivity contribution in [3.05, 3.63) is 0 Å². The normalized spacial score (nSPS) is 23.9. The van der Waals surface area contributed by atoms with Crippen molar-refractivity contribution < 1.29 is 29.1 Å². The van der Waals surface area contributed by atoms with E-state index < -0.39 is 23.3 Å². The van der Waals surface area contributed by atoms with Crippen molar-refractivity contribution in [1.29, 1.82) is 0 Å². The smallest absolute Gasteiger partial charge is 0.326 e. The van der Waals surface area contributed by atoms with Gasteiger partial charge in [0.2, 0.25) is 5.91 Å². The summed E-state index contributed by atoms with van der Waals surface area (Å²) in [5, 5.41) is 8.98. The van der Waals surface area contributed by atoms with Crippen molar-refractivity contribution >= 4 is 40.3 Å². The molecule has 1 N–H and O–H groups in total. The molecule has 1 heterocycles. The lowest BCUT2D eigenvalue weighted by Crippen LogP contribution is -2.42. The number of aliphatic carboxylic acids is 1. The molecule has 2 rings (SSSR count). The lowest BCUT2D eigenvalue weighted by molar-refractivity contribution is -0.147. The molecule has 7 nitrogen and oxygen atoms in total. The minimum atomic E-state index is -1.35. The molecular formula is C13H15NO6S. The van der Waals surface area contributed by atoms with E-state index in [-0.39, 0.29) is 48.2 Å². The zero-order chi connectivity index (χ0) is 15.8. The molecule has 1 aliphatic heterocycles. The highest BCUT2D eigenvalue weighted by atomic mass is 32.2. The molecule has 1 aliphatic carbocycles. The second kappa shape index (κ2) is 5.59. The van der Waals surface area contributed by atoms with Gasteiger partial charge in [-0.2, -0.15) is 0 Å². The maximum absolute atomic E-state index is 12.1. The summed E-state index contributed by atoms with van der Waals surface area (Å²) in [5.74, 6) is -2.52. The first-order valence-corrected chi connectivity index (χ1v) is 7.49. The first-order chi connectivity index (χ1) is 9.78. The Morgan fingerprint density at radius 1 is 1.29 bits per heavy atom. The topological polar surface area (TPSA) is 109 Å². The number of nitrogens with zero attached hydrogens (tertiary/aromatic N) is 1. The van der Waals surface area contributed by atoms with E-state index in [4.69, 9.17) is 0 Å². The fourth-order valence-corrected chi connectivity index (χ4v) is 3.39. The van der Waals surface area contributed by atoms with Crippen LogP contribution in [-0.4, -0.2) is 56.9 Å². The molecule has 8 heteroatoms. The zero-order valence-corrected chi connectivity index (χ0v) is 12.3. The van der Waals surface area contributed by atoms with Crippen LogP contribution in [0.15, 0.2) is 0 Å². The van der Waals surface area contributed by atoms with E-state index in [0.717, 1.165) is 16.7 Å². The number of carbonyl (C=O) groups excluding carboxylic acids is 4. The highest BCUT2D eigenvalue weighted by molar-refractivity contribution is 8.14. The van der Waals surface area contributed by atoms with Crippen molar-refractivity contribution in [2.24, 2.45) is 5.41 Å². The van der Waals surface area contributed by atoms with E-state index in [1.54, 1.807) is 0 Å². The summed E-state index contributed by atoms with van der Waals surface area (Å²) in [7, 11) is 0. The standard InChI is InChI=1S/C13H15NO6S/c1-7(15)21-5-11(18)14-6-13(4-8(14)12(19)20)9(16)2-3-10(13)17/h8H,2-6H2,1H3,(H,19,20)/t8-/m0/s1. The Kier molecular flexibility index (Phi) is 4.18. The highest BCUT2D eigenvalue weighted by Crippen LogP contribution is 2.43. The Bertz CT molecular complexity index is 527. The summed E-state index contributed by atoms with van der Waals surface area (Å²) in [6.07, 6.45) is 0.0568. The number of likely N-dealkylation sites (tertiary alicyclic amines) is 1. The third-order valence-corrected chi connectivity index (χ3v) is 4.81. The number of carboxylic acid groups (broad SMARTS) is 1. The third-order valence-electron chi connectivity index (χ3n) is 4.01. The molecule has 21 heavy (non-hydrogen) atoms. The molecule has 0 bridgehead atoms. The minimum Gasteiger partial charge on any atom is -0.480 e. The molecular weight excluding hydrogens is 298 g/mol. The van der Waals surface area contributed by atoms with E-state index >= 15 is 0 Å². The van der Waals surface area contributed by atoms with Crippen LogP contribution in [0.3, 0.4) is 0 Å². The van der Waals surface area contributed by atoms with Crippen molar-refractivity contribution in [2.75, 3.05) is 12.3 Å². The molecule has 1 saturated heterocycles. The summed E-state index contributed by atoms with van der Waals surface area (Å²) >= 11 is 0.780. The summed E-state index contributed by atoms with van der Waals surface area (Å²) in [6.45, 7) is 1.13. The van der Waals surface area contributed by atoms with Gasteiger partial charge in [0.1, 0.15) is 23.0 Å².